The lowest BCUT2D eigenvalue weighted by Crippen LogP contribution is -2.03. The Morgan fingerprint density at radius 1 is 1.28 bits per heavy atom. The number of aromatic nitrogens is 1. The van der Waals surface area contributed by atoms with Crippen LogP contribution in [0.3, 0.4) is 0 Å². The Bertz CT molecular complexity index is 631. The molecule has 0 aliphatic rings. The Balaban J connectivity index is 2.61. The Morgan fingerprint density at radius 3 is 2.67 bits per heavy atom. The number of halogens is 3. The van der Waals surface area contributed by atoms with Gasteiger partial charge in [-0.2, -0.15) is 4.39 Å². The molecule has 0 radical (unpaired) electrons. The minimum absolute atomic E-state index is 0.379. The van der Waals surface area contributed by atoms with Crippen LogP contribution in [-0.2, 0) is 0 Å². The highest BCUT2D eigenvalue weighted by Gasteiger charge is 2.14. The van der Waals surface area contributed by atoms with Gasteiger partial charge in [0, 0.05) is 27.4 Å². The van der Waals surface area contributed by atoms with Gasteiger partial charge in [-0.3, -0.25) is 0 Å². The normalized spacial score (nSPS) is 10.4. The minimum Gasteiger partial charge on any atom is -0.478 e. The molecule has 18 heavy (non-hydrogen) atoms. The van der Waals surface area contributed by atoms with Crippen molar-refractivity contribution >= 4 is 29.2 Å². The second kappa shape index (κ2) is 4.92. The molecule has 1 aromatic heterocycles. The van der Waals surface area contributed by atoms with Gasteiger partial charge in [-0.25, -0.2) is 9.78 Å². The fourth-order valence-electron chi connectivity index (χ4n) is 1.46. The maximum atomic E-state index is 13.2. The third kappa shape index (κ3) is 2.44. The summed E-state index contributed by atoms with van der Waals surface area (Å²) < 4.78 is 13.2. The fourth-order valence-corrected chi connectivity index (χ4v) is 1.86. The number of hydrogen-bond acceptors (Lipinski definition) is 2. The average Bonchev–Trinajstić information content (AvgIpc) is 2.33. The second-order valence-electron chi connectivity index (χ2n) is 3.49. The van der Waals surface area contributed by atoms with Crippen molar-refractivity contribution in [1.82, 2.24) is 4.98 Å². The number of carbonyl (C=O) groups is 1. The van der Waals surface area contributed by atoms with Crippen LogP contribution in [0.25, 0.3) is 11.1 Å². The number of rotatable bonds is 2. The van der Waals surface area contributed by atoms with Crippen molar-refractivity contribution in [3.63, 3.8) is 0 Å². The molecular weight excluding hydrogens is 280 g/mol. The monoisotopic (exact) mass is 285 g/mol. The third-order valence-corrected chi connectivity index (χ3v) is 2.87. The first-order valence-electron chi connectivity index (χ1n) is 4.83. The summed E-state index contributed by atoms with van der Waals surface area (Å²) in [4.78, 5) is 14.2. The molecule has 0 aliphatic carbocycles. The van der Waals surface area contributed by atoms with Crippen LogP contribution >= 0.6 is 23.2 Å². The van der Waals surface area contributed by atoms with Crippen LogP contribution in [0.5, 0.6) is 0 Å². The average molecular weight is 286 g/mol. The Labute approximate surface area is 112 Å². The van der Waals surface area contributed by atoms with E-state index in [0.717, 1.165) is 0 Å². The summed E-state index contributed by atoms with van der Waals surface area (Å²) in [6.07, 6.45) is 1.21. The molecule has 0 unspecified atom stereocenters. The van der Waals surface area contributed by atoms with Gasteiger partial charge in [0.15, 0.2) is 0 Å². The zero-order chi connectivity index (χ0) is 13.3. The Hall–Kier alpha value is -1.65. The van der Waals surface area contributed by atoms with Crippen LogP contribution in [0.4, 0.5) is 4.39 Å². The van der Waals surface area contributed by atoms with Crippen molar-refractivity contribution in [2.75, 3.05) is 0 Å². The molecule has 0 aliphatic heterocycles. The van der Waals surface area contributed by atoms with E-state index < -0.39 is 17.5 Å². The van der Waals surface area contributed by atoms with Crippen LogP contribution in [0, 0.1) is 5.95 Å². The van der Waals surface area contributed by atoms with Crippen molar-refractivity contribution in [3.8, 4) is 11.1 Å². The molecule has 0 saturated heterocycles. The van der Waals surface area contributed by atoms with E-state index in [4.69, 9.17) is 28.3 Å². The van der Waals surface area contributed by atoms with E-state index in [0.29, 0.717) is 21.2 Å². The number of hydrogen-bond donors (Lipinski definition) is 1. The quantitative estimate of drug-likeness (QED) is 0.852. The summed E-state index contributed by atoms with van der Waals surface area (Å²) >= 11 is 11.8. The minimum atomic E-state index is -1.39. The largest absolute Gasteiger partial charge is 0.478 e. The highest BCUT2D eigenvalue weighted by Crippen LogP contribution is 2.30. The predicted octanol–water partition coefficient (Wildman–Crippen LogP) is 3.89. The van der Waals surface area contributed by atoms with Gasteiger partial charge in [0.05, 0.1) is 0 Å². The standard InChI is InChI=1S/C12H6Cl2FNO2/c13-7-1-2-10(14)8(4-7)6-3-9(12(17)18)11(15)16-5-6/h1-5H,(H,17,18). The molecule has 2 aromatic rings. The lowest BCUT2D eigenvalue weighted by molar-refractivity contribution is 0.0691. The smallest absolute Gasteiger partial charge is 0.340 e. The van der Waals surface area contributed by atoms with Crippen LogP contribution in [0.15, 0.2) is 30.5 Å². The van der Waals surface area contributed by atoms with Gasteiger partial charge in [-0.15, -0.1) is 0 Å². The summed E-state index contributed by atoms with van der Waals surface area (Å²) in [7, 11) is 0. The topological polar surface area (TPSA) is 50.2 Å². The molecule has 92 valence electrons. The van der Waals surface area contributed by atoms with Crippen LogP contribution in [0.2, 0.25) is 10.0 Å². The molecule has 1 aromatic carbocycles. The summed E-state index contributed by atoms with van der Waals surface area (Å²) in [5.74, 6) is -2.43. The van der Waals surface area contributed by atoms with E-state index in [1.165, 1.54) is 12.3 Å². The molecule has 1 N–H and O–H groups in total. The number of carboxylic acids is 1. The van der Waals surface area contributed by atoms with Crippen molar-refractivity contribution in [2.24, 2.45) is 0 Å². The summed E-state index contributed by atoms with van der Waals surface area (Å²) in [6.45, 7) is 0. The fraction of sp³-hybridized carbons (Fsp3) is 0. The maximum Gasteiger partial charge on any atom is 0.340 e. The molecule has 1 heterocycles. The molecule has 0 fully saturated rings. The first kappa shape index (κ1) is 12.8. The number of aromatic carboxylic acids is 1. The van der Waals surface area contributed by atoms with Gasteiger partial charge >= 0.3 is 5.97 Å². The highest BCUT2D eigenvalue weighted by molar-refractivity contribution is 6.35. The van der Waals surface area contributed by atoms with Gasteiger partial charge in [-0.05, 0) is 24.3 Å². The van der Waals surface area contributed by atoms with Crippen LogP contribution < -0.4 is 0 Å². The molecule has 0 saturated carbocycles. The Kier molecular flexibility index (Phi) is 3.50. The Morgan fingerprint density at radius 2 is 2.00 bits per heavy atom. The first-order valence-corrected chi connectivity index (χ1v) is 5.59. The molecule has 0 atom stereocenters. The van der Waals surface area contributed by atoms with Gasteiger partial charge in [0.25, 0.3) is 0 Å². The third-order valence-electron chi connectivity index (χ3n) is 2.31. The zero-order valence-corrected chi connectivity index (χ0v) is 10.3. The van der Waals surface area contributed by atoms with Crippen molar-refractivity contribution in [3.05, 3.63) is 52.0 Å². The van der Waals surface area contributed by atoms with Gasteiger partial charge in [0.2, 0.25) is 5.95 Å². The predicted molar refractivity (Wildman–Crippen MR) is 66.6 cm³/mol. The van der Waals surface area contributed by atoms with Crippen molar-refractivity contribution in [2.45, 2.75) is 0 Å². The lowest BCUT2D eigenvalue weighted by Gasteiger charge is -2.06. The van der Waals surface area contributed by atoms with Gasteiger partial charge in [-0.1, -0.05) is 23.2 Å². The van der Waals surface area contributed by atoms with Gasteiger partial charge in [0.1, 0.15) is 5.56 Å². The van der Waals surface area contributed by atoms with Crippen LogP contribution in [-0.4, -0.2) is 16.1 Å². The van der Waals surface area contributed by atoms with E-state index in [-0.39, 0.29) is 0 Å². The second-order valence-corrected chi connectivity index (χ2v) is 4.34. The molecule has 6 heteroatoms. The SMILES string of the molecule is O=C(O)c1cc(-c2cc(Cl)ccc2Cl)cnc1F. The molecule has 0 spiro atoms. The van der Waals surface area contributed by atoms with Crippen molar-refractivity contribution < 1.29 is 14.3 Å². The summed E-state index contributed by atoms with van der Waals surface area (Å²) in [5, 5.41) is 9.64. The molecule has 0 amide bonds. The first-order chi connectivity index (χ1) is 8.49. The molecule has 3 nitrogen and oxygen atoms in total. The molecular formula is C12H6Cl2FNO2. The van der Waals surface area contributed by atoms with Crippen molar-refractivity contribution in [1.29, 1.82) is 0 Å². The van der Waals surface area contributed by atoms with E-state index in [1.807, 2.05) is 0 Å². The lowest BCUT2D eigenvalue weighted by atomic mass is 10.1. The molecule has 2 rings (SSSR count). The van der Waals surface area contributed by atoms with E-state index in [9.17, 15) is 9.18 Å². The highest BCUT2D eigenvalue weighted by atomic mass is 35.5. The summed E-state index contributed by atoms with van der Waals surface area (Å²) in [6, 6.07) is 5.90. The van der Waals surface area contributed by atoms with E-state index in [1.54, 1.807) is 18.2 Å². The maximum absolute atomic E-state index is 13.2. The number of pyridine rings is 1. The van der Waals surface area contributed by atoms with Crippen LogP contribution in [0.1, 0.15) is 10.4 Å². The number of nitrogens with zero attached hydrogens (tertiary/aromatic N) is 1. The van der Waals surface area contributed by atoms with Gasteiger partial charge < -0.3 is 5.11 Å². The number of benzene rings is 1. The molecule has 0 bridgehead atoms. The van der Waals surface area contributed by atoms with E-state index in [2.05, 4.69) is 4.98 Å². The number of carboxylic acid groups (broad SMARTS) is 1. The zero-order valence-electron chi connectivity index (χ0n) is 8.82. The van der Waals surface area contributed by atoms with E-state index >= 15 is 0 Å². The summed E-state index contributed by atoms with van der Waals surface area (Å²) in [5.41, 5.74) is 0.379.